The van der Waals surface area contributed by atoms with E-state index in [1.165, 1.54) is 18.2 Å². The average molecular weight is 286 g/mol. The van der Waals surface area contributed by atoms with Gasteiger partial charge in [0.1, 0.15) is 5.82 Å². The van der Waals surface area contributed by atoms with Gasteiger partial charge in [-0.15, -0.1) is 0 Å². The average Bonchev–Trinajstić information content (AvgIpc) is 2.41. The summed E-state index contributed by atoms with van der Waals surface area (Å²) >= 11 is 5.69. The van der Waals surface area contributed by atoms with Crippen molar-refractivity contribution in [2.24, 2.45) is 5.92 Å². The second-order valence-corrected chi connectivity index (χ2v) is 6.51. The number of rotatable bonds is 2. The molecule has 5 heteroatoms. The molecule has 1 saturated carbocycles. The summed E-state index contributed by atoms with van der Waals surface area (Å²) in [7, 11) is -1.29. The van der Waals surface area contributed by atoms with E-state index in [1.807, 2.05) is 0 Å². The third-order valence-corrected chi connectivity index (χ3v) is 5.39. The second-order valence-electron chi connectivity index (χ2n) is 4.43. The van der Waals surface area contributed by atoms with Gasteiger partial charge < -0.3 is 0 Å². The number of halogens is 2. The van der Waals surface area contributed by atoms with Crippen molar-refractivity contribution in [3.8, 4) is 6.07 Å². The number of nitriles is 1. The van der Waals surface area contributed by atoms with Crippen LogP contribution in [0.4, 0.5) is 4.39 Å². The summed E-state index contributed by atoms with van der Waals surface area (Å²) in [4.78, 5) is 0.508. The van der Waals surface area contributed by atoms with Crippen molar-refractivity contribution < 1.29 is 8.60 Å². The van der Waals surface area contributed by atoms with Gasteiger partial charge in [-0.1, -0.05) is 24.4 Å². The first-order valence-electron chi connectivity index (χ1n) is 5.88. The van der Waals surface area contributed by atoms with E-state index in [0.717, 1.165) is 25.7 Å². The van der Waals surface area contributed by atoms with E-state index in [-0.39, 0.29) is 16.2 Å². The summed E-state index contributed by atoms with van der Waals surface area (Å²) < 4.78 is 25.5. The Morgan fingerprint density at radius 3 is 2.78 bits per heavy atom. The van der Waals surface area contributed by atoms with Gasteiger partial charge in [-0.05, 0) is 31.0 Å². The number of nitrogens with zero attached hydrogens (tertiary/aromatic N) is 1. The number of hydrogen-bond donors (Lipinski definition) is 0. The lowest BCUT2D eigenvalue weighted by atomic mass is 9.90. The Labute approximate surface area is 113 Å². The molecule has 0 aliphatic heterocycles. The Hall–Kier alpha value is -0.920. The zero-order valence-corrected chi connectivity index (χ0v) is 11.3. The minimum Gasteiger partial charge on any atom is -0.254 e. The fourth-order valence-corrected chi connectivity index (χ4v) is 4.18. The molecule has 1 aliphatic rings. The predicted octanol–water partition coefficient (Wildman–Crippen LogP) is 3.67. The van der Waals surface area contributed by atoms with Crippen LogP contribution in [0.15, 0.2) is 23.1 Å². The van der Waals surface area contributed by atoms with Gasteiger partial charge in [0.2, 0.25) is 0 Å². The van der Waals surface area contributed by atoms with Crippen LogP contribution >= 0.6 is 11.6 Å². The zero-order chi connectivity index (χ0) is 13.1. The van der Waals surface area contributed by atoms with Gasteiger partial charge in [0.25, 0.3) is 0 Å². The van der Waals surface area contributed by atoms with Gasteiger partial charge in [-0.2, -0.15) is 5.26 Å². The van der Waals surface area contributed by atoms with Crippen molar-refractivity contribution in [2.45, 2.75) is 35.8 Å². The molecule has 0 radical (unpaired) electrons. The summed E-state index contributed by atoms with van der Waals surface area (Å²) in [6, 6.07) is 6.34. The molecule has 1 aromatic carbocycles. The maximum atomic E-state index is 13.1. The SMILES string of the molecule is N#CC1CCCCC1S(=O)c1ccc(F)c(Cl)c1. The summed E-state index contributed by atoms with van der Waals surface area (Å²) in [5.41, 5.74) is 0. The van der Waals surface area contributed by atoms with Crippen LogP contribution in [-0.2, 0) is 10.8 Å². The molecule has 0 N–H and O–H groups in total. The Kier molecular flexibility index (Phi) is 4.36. The van der Waals surface area contributed by atoms with Crippen LogP contribution in [0.2, 0.25) is 5.02 Å². The quantitative estimate of drug-likeness (QED) is 0.832. The van der Waals surface area contributed by atoms with E-state index in [9.17, 15) is 8.60 Å². The molecule has 3 unspecified atom stereocenters. The fraction of sp³-hybridized carbons (Fsp3) is 0.462. The Balaban J connectivity index is 2.24. The molecule has 0 spiro atoms. The highest BCUT2D eigenvalue weighted by Crippen LogP contribution is 2.31. The van der Waals surface area contributed by atoms with Crippen molar-refractivity contribution in [2.75, 3.05) is 0 Å². The van der Waals surface area contributed by atoms with Crippen molar-refractivity contribution in [3.05, 3.63) is 29.0 Å². The smallest absolute Gasteiger partial charge is 0.141 e. The number of hydrogen-bond acceptors (Lipinski definition) is 2. The highest BCUT2D eigenvalue weighted by atomic mass is 35.5. The highest BCUT2D eigenvalue weighted by molar-refractivity contribution is 7.85. The first kappa shape index (κ1) is 13.5. The van der Waals surface area contributed by atoms with Gasteiger partial charge in [0, 0.05) is 4.90 Å². The van der Waals surface area contributed by atoms with Crippen LogP contribution in [0.5, 0.6) is 0 Å². The summed E-state index contributed by atoms with van der Waals surface area (Å²) in [5, 5.41) is 8.90. The molecule has 1 fully saturated rings. The molecular weight excluding hydrogens is 273 g/mol. The molecule has 0 amide bonds. The van der Waals surface area contributed by atoms with Crippen molar-refractivity contribution >= 4 is 22.4 Å². The van der Waals surface area contributed by atoms with E-state index in [2.05, 4.69) is 6.07 Å². The maximum absolute atomic E-state index is 13.1. The normalized spacial score (nSPS) is 25.4. The van der Waals surface area contributed by atoms with Crippen LogP contribution < -0.4 is 0 Å². The van der Waals surface area contributed by atoms with E-state index >= 15 is 0 Å². The zero-order valence-electron chi connectivity index (χ0n) is 9.73. The molecule has 2 rings (SSSR count). The van der Waals surface area contributed by atoms with Gasteiger partial charge in [-0.3, -0.25) is 4.21 Å². The second kappa shape index (κ2) is 5.81. The lowest BCUT2D eigenvalue weighted by Crippen LogP contribution is -2.28. The highest BCUT2D eigenvalue weighted by Gasteiger charge is 2.30. The van der Waals surface area contributed by atoms with Crippen LogP contribution in [-0.4, -0.2) is 9.46 Å². The molecule has 1 aliphatic carbocycles. The lowest BCUT2D eigenvalue weighted by molar-refractivity contribution is 0.431. The van der Waals surface area contributed by atoms with Crippen LogP contribution in [0.1, 0.15) is 25.7 Å². The van der Waals surface area contributed by atoms with E-state index in [1.54, 1.807) is 0 Å². The first-order valence-corrected chi connectivity index (χ1v) is 7.48. The first-order chi connectivity index (χ1) is 8.63. The maximum Gasteiger partial charge on any atom is 0.141 e. The molecule has 96 valence electrons. The summed E-state index contributed by atoms with van der Waals surface area (Å²) in [5.74, 6) is -0.693. The molecule has 18 heavy (non-hydrogen) atoms. The fourth-order valence-electron chi connectivity index (χ4n) is 2.28. The molecule has 3 atom stereocenters. The molecule has 0 aromatic heterocycles. The van der Waals surface area contributed by atoms with Gasteiger partial charge in [0.05, 0.1) is 33.1 Å². The van der Waals surface area contributed by atoms with Crippen LogP contribution in [0.3, 0.4) is 0 Å². The van der Waals surface area contributed by atoms with Crippen LogP contribution in [0.25, 0.3) is 0 Å². The van der Waals surface area contributed by atoms with Gasteiger partial charge in [-0.25, -0.2) is 4.39 Å². The minimum absolute atomic E-state index is 0.0230. The third-order valence-electron chi connectivity index (χ3n) is 3.27. The number of benzene rings is 1. The lowest BCUT2D eigenvalue weighted by Gasteiger charge is -2.25. The van der Waals surface area contributed by atoms with E-state index in [4.69, 9.17) is 16.9 Å². The minimum atomic E-state index is -1.29. The molecular formula is C13H13ClFNOS. The molecule has 0 heterocycles. The Bertz CT molecular complexity index is 514. The topological polar surface area (TPSA) is 40.9 Å². The summed E-state index contributed by atoms with van der Waals surface area (Å²) in [6.07, 6.45) is 3.57. The van der Waals surface area contributed by atoms with Gasteiger partial charge in [0.15, 0.2) is 0 Å². The molecule has 1 aromatic rings. The molecule has 0 bridgehead atoms. The standard InChI is InChI=1S/C13H13ClFNOS/c14-11-7-10(5-6-12(11)15)18(17)13-4-2-1-3-9(13)8-16/h5-7,9,13H,1-4H2. The Morgan fingerprint density at radius 2 is 2.11 bits per heavy atom. The Morgan fingerprint density at radius 1 is 1.39 bits per heavy atom. The monoisotopic (exact) mass is 285 g/mol. The van der Waals surface area contributed by atoms with Crippen molar-refractivity contribution in [3.63, 3.8) is 0 Å². The van der Waals surface area contributed by atoms with Crippen LogP contribution in [0, 0.1) is 23.1 Å². The third kappa shape index (κ3) is 2.73. The molecule has 2 nitrogen and oxygen atoms in total. The summed E-state index contributed by atoms with van der Waals surface area (Å²) in [6.45, 7) is 0. The van der Waals surface area contributed by atoms with E-state index < -0.39 is 16.6 Å². The van der Waals surface area contributed by atoms with Gasteiger partial charge >= 0.3 is 0 Å². The van der Waals surface area contributed by atoms with Crippen molar-refractivity contribution in [1.29, 1.82) is 5.26 Å². The molecule has 0 saturated heterocycles. The van der Waals surface area contributed by atoms with E-state index in [0.29, 0.717) is 4.90 Å². The largest absolute Gasteiger partial charge is 0.254 e. The predicted molar refractivity (Wildman–Crippen MR) is 69.2 cm³/mol. The van der Waals surface area contributed by atoms with Crippen molar-refractivity contribution in [1.82, 2.24) is 0 Å².